The van der Waals surface area contributed by atoms with Gasteiger partial charge in [-0.25, -0.2) is 9.97 Å². The standard InChI is InChI=1S/C14H18N4/c1-4-18(13-7-5-12(15)6-8-13)14-16-10(2)9-11(3)17-14/h5-9H,4,15H2,1-3H3. The molecular formula is C14H18N4. The van der Waals surface area contributed by atoms with Gasteiger partial charge in [0.1, 0.15) is 0 Å². The number of hydrogen-bond donors (Lipinski definition) is 1. The summed E-state index contributed by atoms with van der Waals surface area (Å²) in [6, 6.07) is 9.72. The third-order valence-corrected chi connectivity index (χ3v) is 2.73. The van der Waals surface area contributed by atoms with Crippen molar-refractivity contribution in [1.82, 2.24) is 9.97 Å². The number of nitrogens with zero attached hydrogens (tertiary/aromatic N) is 3. The van der Waals surface area contributed by atoms with Gasteiger partial charge in [0, 0.05) is 29.3 Å². The first-order valence-corrected chi connectivity index (χ1v) is 6.05. The van der Waals surface area contributed by atoms with E-state index >= 15 is 0 Å². The fourth-order valence-electron chi connectivity index (χ4n) is 1.92. The average molecular weight is 242 g/mol. The summed E-state index contributed by atoms with van der Waals surface area (Å²) in [6.45, 7) is 6.86. The summed E-state index contributed by atoms with van der Waals surface area (Å²) >= 11 is 0. The largest absolute Gasteiger partial charge is 0.399 e. The Morgan fingerprint density at radius 3 is 2.11 bits per heavy atom. The molecule has 4 nitrogen and oxygen atoms in total. The smallest absolute Gasteiger partial charge is 0.230 e. The van der Waals surface area contributed by atoms with Crippen LogP contribution in [0.5, 0.6) is 0 Å². The minimum absolute atomic E-state index is 0.736. The fraction of sp³-hybridized carbons (Fsp3) is 0.286. The van der Waals surface area contributed by atoms with Crippen molar-refractivity contribution in [2.45, 2.75) is 20.8 Å². The molecule has 0 bridgehead atoms. The Morgan fingerprint density at radius 1 is 1.06 bits per heavy atom. The summed E-state index contributed by atoms with van der Waals surface area (Å²) in [4.78, 5) is 11.0. The Kier molecular flexibility index (Phi) is 3.46. The summed E-state index contributed by atoms with van der Waals surface area (Å²) in [5.41, 5.74) is 9.47. The number of anilines is 3. The van der Waals surface area contributed by atoms with Gasteiger partial charge in [-0.2, -0.15) is 0 Å². The van der Waals surface area contributed by atoms with Gasteiger partial charge >= 0.3 is 0 Å². The second-order valence-electron chi connectivity index (χ2n) is 4.29. The van der Waals surface area contributed by atoms with Crippen molar-refractivity contribution in [3.8, 4) is 0 Å². The number of rotatable bonds is 3. The van der Waals surface area contributed by atoms with E-state index in [1.165, 1.54) is 0 Å². The second-order valence-corrected chi connectivity index (χ2v) is 4.29. The lowest BCUT2D eigenvalue weighted by molar-refractivity contribution is 0.920. The lowest BCUT2D eigenvalue weighted by Crippen LogP contribution is -2.19. The first-order valence-electron chi connectivity index (χ1n) is 6.05. The zero-order valence-electron chi connectivity index (χ0n) is 11.0. The van der Waals surface area contributed by atoms with Gasteiger partial charge in [0.2, 0.25) is 5.95 Å². The molecule has 2 N–H and O–H groups in total. The number of nitrogens with two attached hydrogens (primary N) is 1. The van der Waals surface area contributed by atoms with Crippen LogP contribution in [0.25, 0.3) is 0 Å². The predicted molar refractivity (Wildman–Crippen MR) is 75.0 cm³/mol. The summed E-state index contributed by atoms with van der Waals surface area (Å²) in [5.74, 6) is 0.736. The Morgan fingerprint density at radius 2 is 1.61 bits per heavy atom. The third-order valence-electron chi connectivity index (χ3n) is 2.73. The van der Waals surface area contributed by atoms with Gasteiger partial charge in [-0.15, -0.1) is 0 Å². The van der Waals surface area contributed by atoms with Crippen LogP contribution in [0, 0.1) is 13.8 Å². The molecule has 0 radical (unpaired) electrons. The maximum Gasteiger partial charge on any atom is 0.230 e. The topological polar surface area (TPSA) is 55.0 Å². The van der Waals surface area contributed by atoms with Gasteiger partial charge in [0.15, 0.2) is 0 Å². The van der Waals surface area contributed by atoms with E-state index in [1.54, 1.807) is 0 Å². The van der Waals surface area contributed by atoms with Crippen molar-refractivity contribution in [3.05, 3.63) is 41.7 Å². The van der Waals surface area contributed by atoms with Gasteiger partial charge < -0.3 is 10.6 Å². The van der Waals surface area contributed by atoms with Crippen molar-refractivity contribution < 1.29 is 0 Å². The molecule has 94 valence electrons. The summed E-state index contributed by atoms with van der Waals surface area (Å²) in [6.07, 6.45) is 0. The summed E-state index contributed by atoms with van der Waals surface area (Å²) in [7, 11) is 0. The van der Waals surface area contributed by atoms with E-state index in [2.05, 4.69) is 21.8 Å². The summed E-state index contributed by atoms with van der Waals surface area (Å²) < 4.78 is 0. The first kappa shape index (κ1) is 12.4. The number of nitrogen functional groups attached to an aromatic ring is 1. The number of benzene rings is 1. The second kappa shape index (κ2) is 5.04. The highest BCUT2D eigenvalue weighted by molar-refractivity contribution is 5.60. The Balaban J connectivity index is 2.41. The molecule has 1 aromatic heterocycles. The van der Waals surface area contributed by atoms with Crippen LogP contribution in [-0.2, 0) is 0 Å². The Labute approximate surface area is 107 Å². The minimum atomic E-state index is 0.736. The van der Waals surface area contributed by atoms with Gasteiger partial charge in [0.05, 0.1) is 0 Å². The van der Waals surface area contributed by atoms with E-state index in [-0.39, 0.29) is 0 Å². The Bertz CT molecular complexity index is 514. The molecule has 0 unspecified atom stereocenters. The minimum Gasteiger partial charge on any atom is -0.399 e. The van der Waals surface area contributed by atoms with Crippen molar-refractivity contribution in [3.63, 3.8) is 0 Å². The van der Waals surface area contributed by atoms with Crippen molar-refractivity contribution >= 4 is 17.3 Å². The van der Waals surface area contributed by atoms with Gasteiger partial charge in [-0.3, -0.25) is 0 Å². The maximum atomic E-state index is 5.71. The Hall–Kier alpha value is -2.10. The molecule has 0 atom stereocenters. The van der Waals surface area contributed by atoms with Crippen LogP contribution in [-0.4, -0.2) is 16.5 Å². The molecule has 2 rings (SSSR count). The van der Waals surface area contributed by atoms with Crippen LogP contribution in [0.3, 0.4) is 0 Å². The van der Waals surface area contributed by atoms with Crippen molar-refractivity contribution in [2.24, 2.45) is 0 Å². The molecule has 4 heteroatoms. The molecule has 0 fully saturated rings. The van der Waals surface area contributed by atoms with Crippen LogP contribution in [0.15, 0.2) is 30.3 Å². The number of hydrogen-bond acceptors (Lipinski definition) is 4. The molecule has 0 aliphatic rings. The van der Waals surface area contributed by atoms with Crippen LogP contribution in [0.2, 0.25) is 0 Å². The van der Waals surface area contributed by atoms with E-state index in [0.29, 0.717) is 0 Å². The zero-order chi connectivity index (χ0) is 13.1. The SMILES string of the molecule is CCN(c1ccc(N)cc1)c1nc(C)cc(C)n1. The van der Waals surface area contributed by atoms with E-state index < -0.39 is 0 Å². The average Bonchev–Trinajstić information content (AvgIpc) is 2.31. The van der Waals surface area contributed by atoms with Crippen molar-refractivity contribution in [1.29, 1.82) is 0 Å². The molecule has 2 aromatic rings. The monoisotopic (exact) mass is 242 g/mol. The summed E-state index contributed by atoms with van der Waals surface area (Å²) in [5, 5.41) is 0. The van der Waals surface area contributed by atoms with Crippen LogP contribution >= 0.6 is 0 Å². The van der Waals surface area contributed by atoms with Gasteiger partial charge in [0.25, 0.3) is 0 Å². The van der Waals surface area contributed by atoms with Gasteiger partial charge in [-0.1, -0.05) is 0 Å². The highest BCUT2D eigenvalue weighted by Crippen LogP contribution is 2.23. The van der Waals surface area contributed by atoms with Crippen LogP contribution < -0.4 is 10.6 Å². The highest BCUT2D eigenvalue weighted by Gasteiger charge is 2.10. The van der Waals surface area contributed by atoms with E-state index in [4.69, 9.17) is 5.73 Å². The molecule has 0 spiro atoms. The normalized spacial score (nSPS) is 10.4. The van der Waals surface area contributed by atoms with E-state index in [0.717, 1.165) is 35.3 Å². The molecule has 0 aliphatic carbocycles. The molecule has 0 saturated heterocycles. The number of aromatic nitrogens is 2. The first-order chi connectivity index (χ1) is 8.60. The third kappa shape index (κ3) is 2.59. The van der Waals surface area contributed by atoms with Gasteiger partial charge in [-0.05, 0) is 51.1 Å². The van der Waals surface area contributed by atoms with E-state index in [1.807, 2.05) is 44.2 Å². The number of aryl methyl sites for hydroxylation is 2. The molecule has 18 heavy (non-hydrogen) atoms. The molecule has 0 saturated carbocycles. The lowest BCUT2D eigenvalue weighted by Gasteiger charge is -2.21. The fourth-order valence-corrected chi connectivity index (χ4v) is 1.92. The quantitative estimate of drug-likeness (QED) is 0.841. The van der Waals surface area contributed by atoms with Crippen LogP contribution in [0.4, 0.5) is 17.3 Å². The lowest BCUT2D eigenvalue weighted by atomic mass is 10.2. The van der Waals surface area contributed by atoms with E-state index in [9.17, 15) is 0 Å². The predicted octanol–water partition coefficient (Wildman–Crippen LogP) is 2.83. The molecule has 1 aromatic carbocycles. The maximum absolute atomic E-state index is 5.71. The molecule has 0 aliphatic heterocycles. The molecular weight excluding hydrogens is 224 g/mol. The zero-order valence-corrected chi connectivity index (χ0v) is 11.0. The highest BCUT2D eigenvalue weighted by atomic mass is 15.2. The van der Waals surface area contributed by atoms with Crippen molar-refractivity contribution in [2.75, 3.05) is 17.2 Å². The molecule has 0 amide bonds. The van der Waals surface area contributed by atoms with Crippen LogP contribution in [0.1, 0.15) is 18.3 Å². The molecule has 1 heterocycles.